The number of hydrogen-bond donors (Lipinski definition) is 3. The fourth-order valence-corrected chi connectivity index (χ4v) is 3.04. The molecular weight excluding hydrogens is 511 g/mol. The van der Waals surface area contributed by atoms with Crippen LogP contribution < -0.4 is 16.0 Å². The van der Waals surface area contributed by atoms with Crippen LogP contribution in [0.3, 0.4) is 0 Å². The second-order valence-corrected chi connectivity index (χ2v) is 7.21. The average Bonchev–Trinajstić information content (AvgIpc) is 3.03. The van der Waals surface area contributed by atoms with Crippen LogP contribution in [0.25, 0.3) is 0 Å². The molecule has 1 amide bonds. The second-order valence-electron chi connectivity index (χ2n) is 6.29. The molecule has 1 aromatic rings. The average molecular weight is 539 g/mol. The molecule has 1 heterocycles. The van der Waals surface area contributed by atoms with Crippen LogP contribution in [-0.4, -0.2) is 50.3 Å². The minimum Gasteiger partial charge on any atom is -0.373 e. The summed E-state index contributed by atoms with van der Waals surface area (Å²) in [5.74, 6) is 0.660. The van der Waals surface area contributed by atoms with Crippen LogP contribution in [0, 0.1) is 0 Å². The molecule has 0 radical (unpaired) electrons. The minimum atomic E-state index is -0.155. The van der Waals surface area contributed by atoms with Crippen molar-refractivity contribution in [3.8, 4) is 0 Å². The van der Waals surface area contributed by atoms with Gasteiger partial charge in [0.2, 0.25) is 0 Å². The Morgan fingerprint density at radius 2 is 2.08 bits per heavy atom. The van der Waals surface area contributed by atoms with Gasteiger partial charge in [-0.1, -0.05) is 22.0 Å². The van der Waals surface area contributed by atoms with Crippen LogP contribution in [0.1, 0.15) is 37.0 Å². The molecule has 1 aliphatic heterocycles. The second kappa shape index (κ2) is 11.8. The largest absolute Gasteiger partial charge is 0.373 e. The first-order valence-electron chi connectivity index (χ1n) is 8.72. The van der Waals surface area contributed by atoms with Crippen molar-refractivity contribution in [1.82, 2.24) is 16.0 Å². The number of nitrogens with one attached hydrogen (secondary N) is 3. The topological polar surface area (TPSA) is 74.8 Å². The number of halogens is 2. The number of carbonyl (C=O) groups is 1. The number of rotatable bonds is 7. The third kappa shape index (κ3) is 7.79. The van der Waals surface area contributed by atoms with Crippen molar-refractivity contribution in [3.05, 3.63) is 34.3 Å². The van der Waals surface area contributed by atoms with E-state index < -0.39 is 0 Å². The Kier molecular flexibility index (Phi) is 10.5. The summed E-state index contributed by atoms with van der Waals surface area (Å²) in [5, 5.41) is 9.35. The predicted molar refractivity (Wildman–Crippen MR) is 119 cm³/mol. The van der Waals surface area contributed by atoms with E-state index >= 15 is 0 Å². The minimum absolute atomic E-state index is 0. The summed E-state index contributed by atoms with van der Waals surface area (Å²) in [6, 6.07) is 7.34. The molecule has 1 atom stereocenters. The molecule has 0 saturated carbocycles. The first-order valence-corrected chi connectivity index (χ1v) is 9.51. The molecule has 6 nitrogen and oxygen atoms in total. The van der Waals surface area contributed by atoms with Crippen LogP contribution in [0.4, 0.5) is 0 Å². The molecule has 0 aromatic heterocycles. The third-order valence-corrected chi connectivity index (χ3v) is 4.50. The van der Waals surface area contributed by atoms with Gasteiger partial charge in [0.25, 0.3) is 5.91 Å². The van der Waals surface area contributed by atoms with Gasteiger partial charge >= 0.3 is 0 Å². The smallest absolute Gasteiger partial charge is 0.251 e. The van der Waals surface area contributed by atoms with E-state index in [-0.39, 0.29) is 35.5 Å². The van der Waals surface area contributed by atoms with Crippen LogP contribution in [-0.2, 0) is 4.74 Å². The summed E-state index contributed by atoms with van der Waals surface area (Å²) in [4.78, 5) is 16.7. The normalized spacial score (nSPS) is 19.6. The summed E-state index contributed by atoms with van der Waals surface area (Å²) in [7, 11) is 0. The number of nitrogens with zero attached hydrogens (tertiary/aromatic N) is 1. The number of benzene rings is 1. The van der Waals surface area contributed by atoms with E-state index in [0.717, 1.165) is 36.4 Å². The quantitative estimate of drug-likeness (QED) is 0.216. The lowest BCUT2D eigenvalue weighted by molar-refractivity contribution is 0.0283. The van der Waals surface area contributed by atoms with Crippen LogP contribution >= 0.6 is 39.9 Å². The Labute approximate surface area is 181 Å². The van der Waals surface area contributed by atoms with Gasteiger partial charge in [0.1, 0.15) is 0 Å². The first kappa shape index (κ1) is 23.2. The number of amides is 1. The summed E-state index contributed by atoms with van der Waals surface area (Å²) >= 11 is 3.37. The molecule has 0 aliphatic carbocycles. The zero-order valence-corrected chi connectivity index (χ0v) is 19.2. The van der Waals surface area contributed by atoms with Crippen LogP contribution in [0.2, 0.25) is 0 Å². The monoisotopic (exact) mass is 538 g/mol. The Hall–Kier alpha value is -0.870. The molecule has 0 bridgehead atoms. The van der Waals surface area contributed by atoms with E-state index in [0.29, 0.717) is 25.2 Å². The molecule has 146 valence electrons. The molecule has 2 rings (SSSR count). The summed E-state index contributed by atoms with van der Waals surface area (Å²) < 4.78 is 6.65. The molecule has 1 aliphatic rings. The highest BCUT2D eigenvalue weighted by Gasteiger charge is 2.29. The molecule has 3 N–H and O–H groups in total. The van der Waals surface area contributed by atoms with E-state index in [1.807, 2.05) is 19.1 Å². The van der Waals surface area contributed by atoms with E-state index in [1.165, 1.54) is 0 Å². The number of guanidine groups is 1. The number of carbonyl (C=O) groups excluding carboxylic acids is 1. The maximum Gasteiger partial charge on any atom is 0.251 e. The zero-order chi connectivity index (χ0) is 18.1. The highest BCUT2D eigenvalue weighted by molar-refractivity contribution is 14.0. The van der Waals surface area contributed by atoms with Crippen molar-refractivity contribution in [2.45, 2.75) is 32.3 Å². The molecule has 8 heteroatoms. The van der Waals surface area contributed by atoms with Crippen LogP contribution in [0.5, 0.6) is 0 Å². The van der Waals surface area contributed by atoms with E-state index in [4.69, 9.17) is 4.74 Å². The maximum atomic E-state index is 12.1. The van der Waals surface area contributed by atoms with Crippen molar-refractivity contribution >= 4 is 51.8 Å². The van der Waals surface area contributed by atoms with Gasteiger partial charge in [-0.05, 0) is 44.9 Å². The number of hydrogen-bond acceptors (Lipinski definition) is 3. The Balaban J connectivity index is 0.00000338. The van der Waals surface area contributed by atoms with Gasteiger partial charge in [-0.15, -0.1) is 24.0 Å². The highest BCUT2D eigenvalue weighted by Crippen LogP contribution is 2.24. The van der Waals surface area contributed by atoms with Crippen LogP contribution in [0.15, 0.2) is 33.7 Å². The lowest BCUT2D eigenvalue weighted by atomic mass is 10.0. The molecule has 1 aromatic carbocycles. The molecule has 26 heavy (non-hydrogen) atoms. The van der Waals surface area contributed by atoms with E-state index in [9.17, 15) is 4.79 Å². The van der Waals surface area contributed by atoms with Crippen molar-refractivity contribution in [1.29, 1.82) is 0 Å². The van der Waals surface area contributed by atoms with Gasteiger partial charge in [0, 0.05) is 36.3 Å². The standard InChI is InChI=1S/C18H27BrN4O2.HI/c1-3-20-17(23-13-18(2)8-5-11-25-18)22-10-9-21-16(24)14-6-4-7-15(19)12-14;/h4,6-7,12H,3,5,8-11,13H2,1-2H3,(H,21,24)(H2,20,22,23);1H. The van der Waals surface area contributed by atoms with Crippen molar-refractivity contribution in [2.75, 3.05) is 32.8 Å². The van der Waals surface area contributed by atoms with Crippen molar-refractivity contribution in [3.63, 3.8) is 0 Å². The van der Waals surface area contributed by atoms with Gasteiger partial charge in [-0.2, -0.15) is 0 Å². The Bertz CT molecular complexity index is 607. The number of ether oxygens (including phenoxy) is 1. The fraction of sp³-hybridized carbons (Fsp3) is 0.556. The van der Waals surface area contributed by atoms with E-state index in [1.54, 1.807) is 12.1 Å². The van der Waals surface area contributed by atoms with Gasteiger partial charge in [-0.3, -0.25) is 9.79 Å². The van der Waals surface area contributed by atoms with Gasteiger partial charge in [0.05, 0.1) is 12.1 Å². The zero-order valence-electron chi connectivity index (χ0n) is 15.3. The maximum absolute atomic E-state index is 12.1. The Morgan fingerprint density at radius 1 is 1.31 bits per heavy atom. The molecule has 1 fully saturated rings. The molecule has 1 unspecified atom stereocenters. The van der Waals surface area contributed by atoms with Gasteiger partial charge in [0.15, 0.2) is 5.96 Å². The lowest BCUT2D eigenvalue weighted by Crippen LogP contribution is -2.42. The Morgan fingerprint density at radius 3 is 2.73 bits per heavy atom. The first-order chi connectivity index (χ1) is 12.0. The SMILES string of the molecule is CCNC(=NCC1(C)CCCO1)NCCNC(=O)c1cccc(Br)c1.I. The molecular formula is C18H28BrIN4O2. The fourth-order valence-electron chi connectivity index (χ4n) is 2.64. The lowest BCUT2D eigenvalue weighted by Gasteiger charge is -2.21. The van der Waals surface area contributed by atoms with E-state index in [2.05, 4.69) is 43.8 Å². The third-order valence-electron chi connectivity index (χ3n) is 4.01. The highest BCUT2D eigenvalue weighted by atomic mass is 127. The van der Waals surface area contributed by atoms with Crippen molar-refractivity contribution < 1.29 is 9.53 Å². The summed E-state index contributed by atoms with van der Waals surface area (Å²) in [6.45, 7) is 7.48. The van der Waals surface area contributed by atoms with Gasteiger partial charge < -0.3 is 20.7 Å². The predicted octanol–water partition coefficient (Wildman–Crippen LogP) is 2.92. The van der Waals surface area contributed by atoms with Gasteiger partial charge in [-0.25, -0.2) is 0 Å². The molecule has 0 spiro atoms. The number of aliphatic imine (C=N–C) groups is 1. The summed E-state index contributed by atoms with van der Waals surface area (Å²) in [6.07, 6.45) is 2.14. The van der Waals surface area contributed by atoms with Crippen molar-refractivity contribution in [2.24, 2.45) is 4.99 Å². The molecule has 1 saturated heterocycles. The summed E-state index contributed by atoms with van der Waals surface area (Å²) in [5.41, 5.74) is 0.485.